The highest BCUT2D eigenvalue weighted by Gasteiger charge is 1.99. The number of hydrogen-bond donors (Lipinski definition) is 0. The van der Waals surface area contributed by atoms with Crippen molar-refractivity contribution in [3.8, 4) is 12.0 Å². The average Bonchev–Trinajstić information content (AvgIpc) is 2.49. The second-order valence-electron chi connectivity index (χ2n) is 2.61. The van der Waals surface area contributed by atoms with Gasteiger partial charge in [-0.25, -0.2) is 4.98 Å². The molecule has 2 rings (SSSR count). The van der Waals surface area contributed by atoms with Crippen LogP contribution in [0.2, 0.25) is 0 Å². The molecule has 0 bridgehead atoms. The summed E-state index contributed by atoms with van der Waals surface area (Å²) in [7, 11) is 0. The van der Waals surface area contributed by atoms with Gasteiger partial charge in [-0.15, -0.1) is 0 Å². The molecular formula is C10H7BrN2. The zero-order valence-electron chi connectivity index (χ0n) is 7.08. The van der Waals surface area contributed by atoms with Gasteiger partial charge in [0.2, 0.25) is 0 Å². The topological polar surface area (TPSA) is 17.8 Å². The SMILES string of the molecule is CC#Cn1ccc2cc(Br)cnc21. The average molecular weight is 235 g/mol. The fourth-order valence-electron chi connectivity index (χ4n) is 1.21. The van der Waals surface area contributed by atoms with Crippen LogP contribution in [0.5, 0.6) is 0 Å². The van der Waals surface area contributed by atoms with E-state index in [9.17, 15) is 0 Å². The van der Waals surface area contributed by atoms with Crippen molar-refractivity contribution in [2.24, 2.45) is 0 Å². The van der Waals surface area contributed by atoms with E-state index in [-0.39, 0.29) is 0 Å². The fourth-order valence-corrected chi connectivity index (χ4v) is 1.56. The molecule has 2 aromatic rings. The quantitative estimate of drug-likeness (QED) is 0.642. The minimum absolute atomic E-state index is 0.901. The number of pyridine rings is 1. The first-order chi connectivity index (χ1) is 6.31. The van der Waals surface area contributed by atoms with Crippen molar-refractivity contribution in [1.82, 2.24) is 9.55 Å². The lowest BCUT2D eigenvalue weighted by Gasteiger charge is -1.93. The van der Waals surface area contributed by atoms with Gasteiger partial charge in [0.05, 0.1) is 0 Å². The molecule has 0 saturated carbocycles. The van der Waals surface area contributed by atoms with Gasteiger partial charge in [0.25, 0.3) is 0 Å². The lowest BCUT2D eigenvalue weighted by molar-refractivity contribution is 1.15. The van der Waals surface area contributed by atoms with Gasteiger partial charge in [0, 0.05) is 28.3 Å². The van der Waals surface area contributed by atoms with E-state index in [1.165, 1.54) is 0 Å². The van der Waals surface area contributed by atoms with E-state index in [0.29, 0.717) is 0 Å². The highest BCUT2D eigenvalue weighted by molar-refractivity contribution is 9.10. The van der Waals surface area contributed by atoms with Crippen molar-refractivity contribution in [2.45, 2.75) is 6.92 Å². The predicted molar refractivity (Wildman–Crippen MR) is 56.3 cm³/mol. The van der Waals surface area contributed by atoms with Crippen LogP contribution in [0, 0.1) is 12.0 Å². The van der Waals surface area contributed by atoms with Crippen LogP contribution in [0.25, 0.3) is 11.0 Å². The molecular weight excluding hydrogens is 228 g/mol. The van der Waals surface area contributed by atoms with E-state index >= 15 is 0 Å². The Bertz CT molecular complexity index is 502. The largest absolute Gasteiger partial charge is 0.260 e. The van der Waals surface area contributed by atoms with E-state index in [1.807, 2.05) is 29.8 Å². The molecule has 0 spiro atoms. The molecule has 0 atom stereocenters. The zero-order valence-corrected chi connectivity index (χ0v) is 8.67. The normalized spacial score (nSPS) is 9.69. The van der Waals surface area contributed by atoms with Crippen molar-refractivity contribution in [1.29, 1.82) is 0 Å². The van der Waals surface area contributed by atoms with Crippen LogP contribution in [0.4, 0.5) is 0 Å². The Morgan fingerprint density at radius 3 is 3.15 bits per heavy atom. The molecule has 0 N–H and O–H groups in total. The van der Waals surface area contributed by atoms with Crippen LogP contribution in [-0.4, -0.2) is 9.55 Å². The van der Waals surface area contributed by atoms with E-state index in [4.69, 9.17) is 0 Å². The number of halogens is 1. The first-order valence-corrected chi connectivity index (χ1v) is 4.66. The second kappa shape index (κ2) is 3.23. The molecule has 3 heteroatoms. The molecule has 2 heterocycles. The lowest BCUT2D eigenvalue weighted by Crippen LogP contribution is -1.87. The van der Waals surface area contributed by atoms with Gasteiger partial charge in [-0.3, -0.25) is 4.57 Å². The molecule has 0 aliphatic carbocycles. The molecule has 2 nitrogen and oxygen atoms in total. The Kier molecular flexibility index (Phi) is 2.07. The Hall–Kier alpha value is -1.27. The van der Waals surface area contributed by atoms with Crippen molar-refractivity contribution < 1.29 is 0 Å². The fraction of sp³-hybridized carbons (Fsp3) is 0.100. The molecule has 0 aromatic carbocycles. The summed E-state index contributed by atoms with van der Waals surface area (Å²) in [6.07, 6.45) is 3.69. The van der Waals surface area contributed by atoms with Gasteiger partial charge in [0.15, 0.2) is 5.65 Å². The van der Waals surface area contributed by atoms with Gasteiger partial charge in [-0.2, -0.15) is 0 Å². The summed E-state index contributed by atoms with van der Waals surface area (Å²) in [5.41, 5.74) is 0.901. The summed E-state index contributed by atoms with van der Waals surface area (Å²) in [5, 5.41) is 1.09. The van der Waals surface area contributed by atoms with Crippen LogP contribution in [0.15, 0.2) is 29.0 Å². The molecule has 64 valence electrons. The maximum Gasteiger partial charge on any atom is 0.151 e. The molecule has 0 radical (unpaired) electrons. The Balaban J connectivity index is 2.73. The van der Waals surface area contributed by atoms with Gasteiger partial charge in [0.1, 0.15) is 0 Å². The minimum Gasteiger partial charge on any atom is -0.260 e. The molecule has 0 saturated heterocycles. The van der Waals surface area contributed by atoms with Gasteiger partial charge in [-0.05, 0) is 35.0 Å². The van der Waals surface area contributed by atoms with Crippen LogP contribution < -0.4 is 0 Å². The third-order valence-corrected chi connectivity index (χ3v) is 2.16. The molecule has 0 amide bonds. The first kappa shape index (κ1) is 8.33. The minimum atomic E-state index is 0.901. The van der Waals surface area contributed by atoms with E-state index < -0.39 is 0 Å². The second-order valence-corrected chi connectivity index (χ2v) is 3.53. The summed E-state index contributed by atoms with van der Waals surface area (Å²) in [4.78, 5) is 4.27. The monoisotopic (exact) mass is 234 g/mol. The van der Waals surface area contributed by atoms with Crippen molar-refractivity contribution >= 4 is 27.0 Å². The summed E-state index contributed by atoms with van der Waals surface area (Å²) in [5.74, 6) is 2.84. The van der Waals surface area contributed by atoms with Gasteiger partial charge < -0.3 is 0 Å². The third-order valence-electron chi connectivity index (χ3n) is 1.73. The van der Waals surface area contributed by atoms with E-state index in [2.05, 4.69) is 32.9 Å². The summed E-state index contributed by atoms with van der Waals surface area (Å²) in [6.45, 7) is 1.81. The lowest BCUT2D eigenvalue weighted by atomic mass is 10.3. The Labute approximate surface area is 84.7 Å². The van der Waals surface area contributed by atoms with Crippen LogP contribution >= 0.6 is 15.9 Å². The molecule has 0 unspecified atom stereocenters. The van der Waals surface area contributed by atoms with Crippen molar-refractivity contribution in [3.63, 3.8) is 0 Å². The number of hydrogen-bond acceptors (Lipinski definition) is 1. The highest BCUT2D eigenvalue weighted by atomic mass is 79.9. The van der Waals surface area contributed by atoms with E-state index in [1.54, 1.807) is 6.20 Å². The number of nitrogens with zero attached hydrogens (tertiary/aromatic N) is 2. The number of aromatic nitrogens is 2. The summed E-state index contributed by atoms with van der Waals surface area (Å²) in [6, 6.07) is 6.96. The first-order valence-electron chi connectivity index (χ1n) is 3.86. The molecule has 0 aliphatic heterocycles. The third kappa shape index (κ3) is 1.45. The summed E-state index contributed by atoms with van der Waals surface area (Å²) < 4.78 is 2.81. The van der Waals surface area contributed by atoms with Gasteiger partial charge in [-0.1, -0.05) is 5.92 Å². The van der Waals surface area contributed by atoms with Crippen LogP contribution in [0.1, 0.15) is 6.92 Å². The molecule has 0 fully saturated rings. The maximum absolute atomic E-state index is 4.27. The highest BCUT2D eigenvalue weighted by Crippen LogP contribution is 2.17. The standard InChI is InChI=1S/C10H7BrN2/c1-2-4-13-5-3-8-6-9(11)7-12-10(8)13/h3,5-7H,1H3. The van der Waals surface area contributed by atoms with Crippen molar-refractivity contribution in [3.05, 3.63) is 29.0 Å². The zero-order chi connectivity index (χ0) is 9.26. The van der Waals surface area contributed by atoms with Crippen LogP contribution in [0.3, 0.4) is 0 Å². The Morgan fingerprint density at radius 2 is 2.38 bits per heavy atom. The molecule has 13 heavy (non-hydrogen) atoms. The summed E-state index contributed by atoms with van der Waals surface area (Å²) >= 11 is 3.37. The van der Waals surface area contributed by atoms with Crippen LogP contribution in [-0.2, 0) is 0 Å². The smallest absolute Gasteiger partial charge is 0.151 e. The Morgan fingerprint density at radius 1 is 1.54 bits per heavy atom. The predicted octanol–water partition coefficient (Wildman–Crippen LogP) is 2.63. The van der Waals surface area contributed by atoms with E-state index in [0.717, 1.165) is 15.5 Å². The van der Waals surface area contributed by atoms with Crippen molar-refractivity contribution in [2.75, 3.05) is 0 Å². The van der Waals surface area contributed by atoms with Gasteiger partial charge >= 0.3 is 0 Å². The maximum atomic E-state index is 4.27. The number of fused-ring (bicyclic) bond motifs is 1. The number of rotatable bonds is 0. The molecule has 2 aromatic heterocycles. The molecule has 0 aliphatic rings.